The molecule has 0 saturated carbocycles. The zero-order chi connectivity index (χ0) is 10.3. The lowest BCUT2D eigenvalue weighted by Crippen LogP contribution is -2.38. The summed E-state index contributed by atoms with van der Waals surface area (Å²) in [6.07, 6.45) is -6.05. The number of halogens is 5. The van der Waals surface area contributed by atoms with E-state index < -0.39 is 19.3 Å². The summed E-state index contributed by atoms with van der Waals surface area (Å²) in [7, 11) is 0. The summed E-state index contributed by atoms with van der Waals surface area (Å²) < 4.78 is 58.3. The van der Waals surface area contributed by atoms with E-state index in [4.69, 9.17) is 0 Å². The highest BCUT2D eigenvalue weighted by Gasteiger charge is 2.30. The van der Waals surface area contributed by atoms with Gasteiger partial charge in [0.25, 0.3) is 0 Å². The van der Waals surface area contributed by atoms with E-state index in [0.717, 1.165) is 5.32 Å². The Morgan fingerprint density at radius 2 is 1.69 bits per heavy atom. The van der Waals surface area contributed by atoms with E-state index in [2.05, 4.69) is 0 Å². The van der Waals surface area contributed by atoms with E-state index in [-0.39, 0.29) is 19.3 Å². The zero-order valence-electron chi connectivity index (χ0n) is 7.00. The summed E-state index contributed by atoms with van der Waals surface area (Å²) in [6.45, 7) is -0.510. The molecule has 80 valence electrons. The lowest BCUT2D eigenvalue weighted by atomic mass is 10.2. The van der Waals surface area contributed by atoms with Crippen LogP contribution in [0.1, 0.15) is 25.7 Å². The Bertz CT molecular complexity index is 125. The molecule has 0 aliphatic carbocycles. The highest BCUT2D eigenvalue weighted by molar-refractivity contribution is 4.56. The van der Waals surface area contributed by atoms with Gasteiger partial charge >= 0.3 is 6.30 Å². The van der Waals surface area contributed by atoms with Crippen LogP contribution in [0.25, 0.3) is 0 Å². The van der Waals surface area contributed by atoms with Gasteiger partial charge in [0, 0.05) is 0 Å². The number of unbranched alkanes of at least 4 members (excludes halogenated alkanes) is 2. The minimum absolute atomic E-state index is 0.237. The third-order valence-electron chi connectivity index (χ3n) is 1.41. The maximum Gasteiger partial charge on any atom is 0.459 e. The molecule has 0 aromatic rings. The molecule has 0 saturated heterocycles. The van der Waals surface area contributed by atoms with E-state index in [0.29, 0.717) is 6.42 Å². The van der Waals surface area contributed by atoms with Crippen molar-refractivity contribution in [1.82, 2.24) is 5.32 Å². The molecule has 1 atom stereocenters. The van der Waals surface area contributed by atoms with Crippen molar-refractivity contribution in [3.8, 4) is 0 Å². The van der Waals surface area contributed by atoms with Crippen molar-refractivity contribution in [3.63, 3.8) is 0 Å². The number of nitrogens with one attached hydrogen (secondary N) is 1. The summed E-state index contributed by atoms with van der Waals surface area (Å²) >= 11 is 0. The predicted molar refractivity (Wildman–Crippen MR) is 38.5 cm³/mol. The largest absolute Gasteiger partial charge is 0.459 e. The number of alkyl halides is 5. The van der Waals surface area contributed by atoms with Crippen LogP contribution >= 0.6 is 0 Å². The van der Waals surface area contributed by atoms with Crippen LogP contribution in [0.5, 0.6) is 0 Å². The van der Waals surface area contributed by atoms with Gasteiger partial charge in [-0.1, -0.05) is 6.42 Å². The monoisotopic (exact) mass is 205 g/mol. The highest BCUT2D eigenvalue weighted by Crippen LogP contribution is 2.14. The molecule has 6 heteroatoms. The Labute approximate surface area is 73.3 Å². The summed E-state index contributed by atoms with van der Waals surface area (Å²) in [4.78, 5) is 0. The second kappa shape index (κ2) is 6.12. The Balaban J connectivity index is 3.35. The molecular formula is C7H12F5N. The van der Waals surface area contributed by atoms with Crippen LogP contribution in [-0.4, -0.2) is 19.3 Å². The van der Waals surface area contributed by atoms with Crippen LogP contribution in [0.4, 0.5) is 22.0 Å². The molecule has 0 aliphatic heterocycles. The predicted octanol–water partition coefficient (Wildman–Crippen LogP) is 2.92. The van der Waals surface area contributed by atoms with Gasteiger partial charge in [0.15, 0.2) is 6.30 Å². The van der Waals surface area contributed by atoms with Crippen molar-refractivity contribution < 1.29 is 22.0 Å². The van der Waals surface area contributed by atoms with Crippen LogP contribution in [0.2, 0.25) is 0 Å². The first kappa shape index (κ1) is 12.6. The minimum atomic E-state index is -4.68. The second-order valence-corrected chi connectivity index (χ2v) is 2.65. The molecule has 0 spiro atoms. The molecular weight excluding hydrogens is 193 g/mol. The fourth-order valence-corrected chi connectivity index (χ4v) is 0.845. The molecule has 0 aliphatic rings. The van der Waals surface area contributed by atoms with Crippen molar-refractivity contribution in [2.24, 2.45) is 0 Å². The molecule has 0 bridgehead atoms. The van der Waals surface area contributed by atoms with Crippen molar-refractivity contribution in [1.29, 1.82) is 0 Å². The molecule has 0 aromatic heterocycles. The SMILES string of the molecule is FCCCCCC(F)NC(F)(F)F. The van der Waals surface area contributed by atoms with Crippen LogP contribution < -0.4 is 5.32 Å². The molecule has 1 unspecified atom stereocenters. The van der Waals surface area contributed by atoms with Crippen molar-refractivity contribution in [2.75, 3.05) is 6.67 Å². The highest BCUT2D eigenvalue weighted by atomic mass is 19.4. The lowest BCUT2D eigenvalue weighted by molar-refractivity contribution is -0.174. The first-order valence-corrected chi connectivity index (χ1v) is 4.00. The van der Waals surface area contributed by atoms with Crippen LogP contribution in [0.3, 0.4) is 0 Å². The van der Waals surface area contributed by atoms with Gasteiger partial charge in [-0.05, 0) is 19.3 Å². The fourth-order valence-electron chi connectivity index (χ4n) is 0.845. The Morgan fingerprint density at radius 1 is 1.08 bits per heavy atom. The quantitative estimate of drug-likeness (QED) is 0.399. The molecule has 13 heavy (non-hydrogen) atoms. The van der Waals surface area contributed by atoms with Gasteiger partial charge in [-0.25, -0.2) is 4.39 Å². The lowest BCUT2D eigenvalue weighted by Gasteiger charge is -2.12. The standard InChI is InChI=1S/C7H12F5N/c8-5-3-1-2-4-6(9)13-7(10,11)12/h6,13H,1-5H2. The average molecular weight is 205 g/mol. The van der Waals surface area contributed by atoms with Gasteiger partial charge in [0.05, 0.1) is 6.67 Å². The summed E-state index contributed by atoms with van der Waals surface area (Å²) in [5.41, 5.74) is 0. The minimum Gasteiger partial charge on any atom is -0.251 e. The van der Waals surface area contributed by atoms with Crippen molar-refractivity contribution in [3.05, 3.63) is 0 Å². The Hall–Kier alpha value is -0.390. The van der Waals surface area contributed by atoms with Gasteiger partial charge in [0.2, 0.25) is 0 Å². The summed E-state index contributed by atoms with van der Waals surface area (Å²) in [5, 5.41) is 0.836. The van der Waals surface area contributed by atoms with E-state index in [1.807, 2.05) is 0 Å². The number of hydrogen-bond donors (Lipinski definition) is 1. The first-order chi connectivity index (χ1) is 5.95. The van der Waals surface area contributed by atoms with Gasteiger partial charge in [-0.2, -0.15) is 18.5 Å². The van der Waals surface area contributed by atoms with E-state index >= 15 is 0 Å². The average Bonchev–Trinajstić information content (AvgIpc) is 1.94. The molecule has 0 rings (SSSR count). The van der Waals surface area contributed by atoms with Gasteiger partial charge in [0.1, 0.15) is 0 Å². The molecule has 0 fully saturated rings. The van der Waals surface area contributed by atoms with Crippen LogP contribution in [0.15, 0.2) is 0 Å². The fraction of sp³-hybridized carbons (Fsp3) is 1.00. The smallest absolute Gasteiger partial charge is 0.251 e. The molecule has 1 nitrogen and oxygen atoms in total. The number of rotatable bonds is 6. The zero-order valence-corrected chi connectivity index (χ0v) is 7.00. The third-order valence-corrected chi connectivity index (χ3v) is 1.41. The van der Waals surface area contributed by atoms with Gasteiger partial charge < -0.3 is 0 Å². The molecule has 0 radical (unpaired) electrons. The summed E-state index contributed by atoms with van der Waals surface area (Å²) in [6, 6.07) is 0. The van der Waals surface area contributed by atoms with Crippen molar-refractivity contribution in [2.45, 2.75) is 38.3 Å². The van der Waals surface area contributed by atoms with Crippen molar-refractivity contribution >= 4 is 0 Å². The maximum absolute atomic E-state index is 12.4. The van der Waals surface area contributed by atoms with Crippen LogP contribution in [-0.2, 0) is 0 Å². The molecule has 1 N–H and O–H groups in total. The third kappa shape index (κ3) is 9.52. The molecule has 0 amide bonds. The molecule has 0 aromatic carbocycles. The molecule has 0 heterocycles. The van der Waals surface area contributed by atoms with E-state index in [1.165, 1.54) is 0 Å². The topological polar surface area (TPSA) is 12.0 Å². The Kier molecular flexibility index (Phi) is 5.94. The van der Waals surface area contributed by atoms with E-state index in [1.54, 1.807) is 0 Å². The Morgan fingerprint density at radius 3 is 2.15 bits per heavy atom. The summed E-state index contributed by atoms with van der Waals surface area (Å²) in [5.74, 6) is 0. The second-order valence-electron chi connectivity index (χ2n) is 2.65. The van der Waals surface area contributed by atoms with E-state index in [9.17, 15) is 22.0 Å². The van der Waals surface area contributed by atoms with Crippen LogP contribution in [0, 0.1) is 0 Å². The maximum atomic E-state index is 12.4. The normalized spacial score (nSPS) is 14.5. The van der Waals surface area contributed by atoms with Gasteiger partial charge in [-0.15, -0.1) is 0 Å². The first-order valence-electron chi connectivity index (χ1n) is 4.00. The van der Waals surface area contributed by atoms with Gasteiger partial charge in [-0.3, -0.25) is 4.39 Å². The number of hydrogen-bond acceptors (Lipinski definition) is 1.